The predicted molar refractivity (Wildman–Crippen MR) is 70.4 cm³/mol. The van der Waals surface area contributed by atoms with Gasteiger partial charge in [0.25, 0.3) is 0 Å². The van der Waals surface area contributed by atoms with Crippen molar-refractivity contribution in [1.29, 1.82) is 0 Å². The van der Waals surface area contributed by atoms with Crippen molar-refractivity contribution in [1.82, 2.24) is 0 Å². The van der Waals surface area contributed by atoms with E-state index in [1.807, 2.05) is 25.3 Å². The zero-order chi connectivity index (χ0) is 12.8. The van der Waals surface area contributed by atoms with Crippen molar-refractivity contribution >= 4 is 18.0 Å². The van der Waals surface area contributed by atoms with E-state index in [1.54, 1.807) is 26.0 Å². The van der Waals surface area contributed by atoms with Gasteiger partial charge < -0.3 is 14.3 Å². The Morgan fingerprint density at radius 1 is 1.29 bits per heavy atom. The minimum absolute atomic E-state index is 0.125. The van der Waals surface area contributed by atoms with E-state index in [2.05, 4.69) is 0 Å². The molecule has 4 heteroatoms. The summed E-state index contributed by atoms with van der Waals surface area (Å²) < 4.78 is 10.7. The van der Waals surface area contributed by atoms with E-state index in [0.717, 1.165) is 28.2 Å². The van der Waals surface area contributed by atoms with Crippen LogP contribution >= 0.6 is 11.8 Å². The van der Waals surface area contributed by atoms with Gasteiger partial charge in [0, 0.05) is 12.0 Å². The summed E-state index contributed by atoms with van der Waals surface area (Å²) in [5.41, 5.74) is 1.05. The lowest BCUT2D eigenvalue weighted by Gasteiger charge is -2.19. The van der Waals surface area contributed by atoms with Crippen LogP contribution in [0.4, 0.5) is 0 Å². The second-order valence-electron chi connectivity index (χ2n) is 3.72. The van der Waals surface area contributed by atoms with E-state index in [4.69, 9.17) is 9.47 Å². The summed E-state index contributed by atoms with van der Waals surface area (Å²) in [5, 5.41) is 0. The molecule has 1 atom stereocenters. The minimum atomic E-state index is 0.125. The first-order valence-electron chi connectivity index (χ1n) is 5.42. The Hall–Kier alpha value is -1.16. The fourth-order valence-corrected chi connectivity index (χ4v) is 2.71. The minimum Gasteiger partial charge on any atom is -0.496 e. The molecule has 0 fully saturated rings. The molecule has 3 nitrogen and oxygen atoms in total. The highest BCUT2D eigenvalue weighted by molar-refractivity contribution is 7.98. The number of benzene rings is 1. The van der Waals surface area contributed by atoms with Gasteiger partial charge in [0.1, 0.15) is 17.8 Å². The van der Waals surface area contributed by atoms with E-state index in [9.17, 15) is 4.79 Å². The lowest BCUT2D eigenvalue weighted by Crippen LogP contribution is -2.02. The van der Waals surface area contributed by atoms with Gasteiger partial charge in [-0.25, -0.2) is 0 Å². The fraction of sp³-hybridized carbons (Fsp3) is 0.462. The van der Waals surface area contributed by atoms with Gasteiger partial charge in [-0.15, -0.1) is 11.8 Å². The first-order chi connectivity index (χ1) is 8.19. The van der Waals surface area contributed by atoms with Crippen molar-refractivity contribution in [2.24, 2.45) is 0 Å². The number of ether oxygens (including phenoxy) is 2. The number of rotatable bonds is 6. The van der Waals surface area contributed by atoms with Crippen LogP contribution in [0, 0.1) is 0 Å². The summed E-state index contributed by atoms with van der Waals surface area (Å²) in [4.78, 5) is 11.7. The molecule has 0 saturated heterocycles. The third-order valence-electron chi connectivity index (χ3n) is 2.71. The number of hydrogen-bond donors (Lipinski definition) is 0. The zero-order valence-electron chi connectivity index (χ0n) is 10.6. The van der Waals surface area contributed by atoms with Crippen molar-refractivity contribution in [3.63, 3.8) is 0 Å². The average Bonchev–Trinajstić information content (AvgIpc) is 2.36. The standard InChI is InChI=1S/C13H18O3S/c1-9(7-8-14)12-10(15-2)5-6-11(16-3)13(12)17-4/h5-6,8-9H,7H2,1-4H3. The first-order valence-corrected chi connectivity index (χ1v) is 6.64. The molecule has 0 radical (unpaired) electrons. The molecule has 0 aliphatic heterocycles. The van der Waals surface area contributed by atoms with Crippen LogP contribution in [-0.2, 0) is 4.79 Å². The van der Waals surface area contributed by atoms with E-state index in [-0.39, 0.29) is 5.92 Å². The highest BCUT2D eigenvalue weighted by atomic mass is 32.2. The largest absolute Gasteiger partial charge is 0.496 e. The van der Waals surface area contributed by atoms with Crippen LogP contribution in [0.1, 0.15) is 24.8 Å². The lowest BCUT2D eigenvalue weighted by molar-refractivity contribution is -0.108. The van der Waals surface area contributed by atoms with Gasteiger partial charge in [-0.2, -0.15) is 0 Å². The number of carbonyl (C=O) groups excluding carboxylic acids is 1. The molecule has 0 bridgehead atoms. The zero-order valence-corrected chi connectivity index (χ0v) is 11.5. The molecule has 1 rings (SSSR count). The average molecular weight is 254 g/mol. The predicted octanol–water partition coefficient (Wildman–Crippen LogP) is 3.12. The quantitative estimate of drug-likeness (QED) is 0.577. The highest BCUT2D eigenvalue weighted by Crippen LogP contribution is 2.41. The number of methoxy groups -OCH3 is 2. The summed E-state index contributed by atoms with van der Waals surface area (Å²) in [6.07, 6.45) is 3.42. The molecule has 0 spiro atoms. The fourth-order valence-electron chi connectivity index (χ4n) is 1.84. The van der Waals surface area contributed by atoms with Crippen molar-refractivity contribution in [2.45, 2.75) is 24.2 Å². The number of aldehydes is 1. The maximum Gasteiger partial charge on any atom is 0.132 e. The molecule has 0 heterocycles. The summed E-state index contributed by atoms with van der Waals surface area (Å²) in [6, 6.07) is 3.77. The Labute approximate surface area is 106 Å². The molecule has 94 valence electrons. The smallest absolute Gasteiger partial charge is 0.132 e. The Bertz CT molecular complexity index is 390. The van der Waals surface area contributed by atoms with E-state index in [1.165, 1.54) is 0 Å². The SMILES string of the molecule is COc1ccc(OC)c(C(C)CC=O)c1SC. The maximum atomic E-state index is 10.7. The molecule has 0 aliphatic rings. The van der Waals surface area contributed by atoms with Gasteiger partial charge in [-0.3, -0.25) is 0 Å². The third-order valence-corrected chi connectivity index (χ3v) is 3.54. The topological polar surface area (TPSA) is 35.5 Å². The second-order valence-corrected chi connectivity index (χ2v) is 4.54. The van der Waals surface area contributed by atoms with Crippen molar-refractivity contribution in [3.05, 3.63) is 17.7 Å². The highest BCUT2D eigenvalue weighted by Gasteiger charge is 2.19. The number of thioether (sulfide) groups is 1. The van der Waals surface area contributed by atoms with Gasteiger partial charge in [-0.05, 0) is 24.3 Å². The number of hydrogen-bond acceptors (Lipinski definition) is 4. The Kier molecular flexibility index (Phi) is 5.35. The number of carbonyl (C=O) groups is 1. The van der Waals surface area contributed by atoms with Crippen molar-refractivity contribution in [2.75, 3.05) is 20.5 Å². The third kappa shape index (κ3) is 2.94. The molecule has 1 aromatic rings. The van der Waals surface area contributed by atoms with Gasteiger partial charge in [0.2, 0.25) is 0 Å². The second kappa shape index (κ2) is 6.55. The maximum absolute atomic E-state index is 10.7. The molecule has 17 heavy (non-hydrogen) atoms. The van der Waals surface area contributed by atoms with Gasteiger partial charge in [0.05, 0.1) is 19.1 Å². The summed E-state index contributed by atoms with van der Waals surface area (Å²) in [5.74, 6) is 1.76. The van der Waals surface area contributed by atoms with Crippen LogP contribution in [-0.4, -0.2) is 26.8 Å². The Morgan fingerprint density at radius 3 is 2.35 bits per heavy atom. The van der Waals surface area contributed by atoms with Crippen LogP contribution in [0.3, 0.4) is 0 Å². The molecule has 0 amide bonds. The van der Waals surface area contributed by atoms with E-state index < -0.39 is 0 Å². The monoisotopic (exact) mass is 254 g/mol. The van der Waals surface area contributed by atoms with Crippen LogP contribution in [0.25, 0.3) is 0 Å². The Morgan fingerprint density at radius 2 is 1.88 bits per heavy atom. The molecule has 0 aliphatic carbocycles. The molecule has 1 unspecified atom stereocenters. The van der Waals surface area contributed by atoms with Crippen molar-refractivity contribution in [3.8, 4) is 11.5 Å². The van der Waals surface area contributed by atoms with Crippen LogP contribution in [0.5, 0.6) is 11.5 Å². The molecule has 0 saturated carbocycles. The van der Waals surface area contributed by atoms with Gasteiger partial charge in [0.15, 0.2) is 0 Å². The summed E-state index contributed by atoms with van der Waals surface area (Å²) in [6.45, 7) is 2.02. The van der Waals surface area contributed by atoms with E-state index >= 15 is 0 Å². The van der Waals surface area contributed by atoms with Crippen LogP contribution in [0.15, 0.2) is 17.0 Å². The van der Waals surface area contributed by atoms with Gasteiger partial charge >= 0.3 is 0 Å². The molecular formula is C13H18O3S. The summed E-state index contributed by atoms with van der Waals surface area (Å²) >= 11 is 1.61. The van der Waals surface area contributed by atoms with Crippen molar-refractivity contribution < 1.29 is 14.3 Å². The first kappa shape index (κ1) is 13.9. The summed E-state index contributed by atoms with van der Waals surface area (Å²) in [7, 11) is 3.29. The lowest BCUT2D eigenvalue weighted by atomic mass is 9.97. The normalized spacial score (nSPS) is 12.0. The van der Waals surface area contributed by atoms with Crippen LogP contribution in [0.2, 0.25) is 0 Å². The molecule has 0 N–H and O–H groups in total. The molecule has 0 aromatic heterocycles. The molecule has 1 aromatic carbocycles. The Balaban J connectivity index is 3.33. The van der Waals surface area contributed by atoms with E-state index in [0.29, 0.717) is 6.42 Å². The van der Waals surface area contributed by atoms with Gasteiger partial charge in [-0.1, -0.05) is 6.92 Å². The molecular weight excluding hydrogens is 236 g/mol. The van der Waals surface area contributed by atoms with Crippen LogP contribution < -0.4 is 9.47 Å².